The zero-order valence-electron chi connectivity index (χ0n) is 11.7. The van der Waals surface area contributed by atoms with Gasteiger partial charge in [-0.05, 0) is 37.5 Å². The molecule has 2 N–H and O–H groups in total. The molecule has 0 aromatic heterocycles. The minimum absolute atomic E-state index is 0.248. The highest BCUT2D eigenvalue weighted by molar-refractivity contribution is 6.30. The third-order valence-electron chi connectivity index (χ3n) is 3.61. The van der Waals surface area contributed by atoms with Crippen molar-refractivity contribution < 1.29 is 14.6 Å². The van der Waals surface area contributed by atoms with Gasteiger partial charge in [0, 0.05) is 24.7 Å². The van der Waals surface area contributed by atoms with Gasteiger partial charge in [-0.2, -0.15) is 0 Å². The molecule has 0 spiro atoms. The lowest BCUT2D eigenvalue weighted by molar-refractivity contribution is 0.0687. The highest BCUT2D eigenvalue weighted by Crippen LogP contribution is 2.21. The molecule has 3 atom stereocenters. The molecule has 2 rings (SSSR count). The Labute approximate surface area is 125 Å². The van der Waals surface area contributed by atoms with Crippen LogP contribution in [0.1, 0.15) is 19.3 Å². The van der Waals surface area contributed by atoms with Crippen molar-refractivity contribution in [1.29, 1.82) is 0 Å². The predicted octanol–water partition coefficient (Wildman–Crippen LogP) is 2.24. The fourth-order valence-corrected chi connectivity index (χ4v) is 2.72. The van der Waals surface area contributed by atoms with Crippen LogP contribution in [0.25, 0.3) is 0 Å². The number of aliphatic hydroxyl groups excluding tert-OH is 1. The average Bonchev–Trinajstić information content (AvgIpc) is 2.90. The molecular formula is C15H22ClNO3. The topological polar surface area (TPSA) is 50.7 Å². The summed E-state index contributed by atoms with van der Waals surface area (Å²) in [7, 11) is 1.74. The Morgan fingerprint density at radius 2 is 2.30 bits per heavy atom. The van der Waals surface area contributed by atoms with Crippen LogP contribution in [0.15, 0.2) is 24.3 Å². The van der Waals surface area contributed by atoms with E-state index >= 15 is 0 Å². The van der Waals surface area contributed by atoms with Gasteiger partial charge in [-0.15, -0.1) is 0 Å². The van der Waals surface area contributed by atoms with Crippen LogP contribution >= 0.6 is 11.6 Å². The normalized spacial score (nSPS) is 23.8. The van der Waals surface area contributed by atoms with Gasteiger partial charge in [-0.3, -0.25) is 0 Å². The van der Waals surface area contributed by atoms with E-state index in [-0.39, 0.29) is 12.7 Å². The fraction of sp³-hybridized carbons (Fsp3) is 0.600. The summed E-state index contributed by atoms with van der Waals surface area (Å²) < 4.78 is 10.9. The highest BCUT2D eigenvalue weighted by atomic mass is 35.5. The van der Waals surface area contributed by atoms with Crippen molar-refractivity contribution in [2.45, 2.75) is 37.5 Å². The zero-order chi connectivity index (χ0) is 14.4. The van der Waals surface area contributed by atoms with E-state index in [0.29, 0.717) is 23.4 Å². The molecule has 1 aliphatic rings. The molecule has 1 aromatic rings. The number of ether oxygens (including phenoxy) is 2. The minimum Gasteiger partial charge on any atom is -0.491 e. The molecule has 1 saturated carbocycles. The first kappa shape index (κ1) is 15.6. The summed E-state index contributed by atoms with van der Waals surface area (Å²) in [6, 6.07) is 7.51. The van der Waals surface area contributed by atoms with E-state index in [1.54, 1.807) is 19.2 Å². The summed E-state index contributed by atoms with van der Waals surface area (Å²) in [5.41, 5.74) is 0. The lowest BCUT2D eigenvalue weighted by Crippen LogP contribution is -2.42. The van der Waals surface area contributed by atoms with Gasteiger partial charge < -0.3 is 19.9 Å². The van der Waals surface area contributed by atoms with Crippen molar-refractivity contribution in [2.75, 3.05) is 20.3 Å². The van der Waals surface area contributed by atoms with E-state index in [1.807, 2.05) is 12.1 Å². The maximum atomic E-state index is 9.94. The van der Waals surface area contributed by atoms with Crippen molar-refractivity contribution >= 4 is 11.6 Å². The lowest BCUT2D eigenvalue weighted by atomic mass is 10.2. The zero-order valence-corrected chi connectivity index (χ0v) is 12.5. The first-order chi connectivity index (χ1) is 9.69. The SMILES string of the molecule is COC1CCCC1NCC(O)COc1cccc(Cl)c1. The van der Waals surface area contributed by atoms with Gasteiger partial charge in [0.1, 0.15) is 18.5 Å². The van der Waals surface area contributed by atoms with Gasteiger partial charge in [0.05, 0.1) is 6.10 Å². The maximum absolute atomic E-state index is 9.94. The highest BCUT2D eigenvalue weighted by Gasteiger charge is 2.26. The third kappa shape index (κ3) is 4.63. The number of halogens is 1. The summed E-state index contributed by atoms with van der Waals surface area (Å²) in [4.78, 5) is 0. The second kappa shape index (κ2) is 7.84. The van der Waals surface area contributed by atoms with E-state index in [0.717, 1.165) is 12.8 Å². The van der Waals surface area contributed by atoms with Crippen molar-refractivity contribution in [3.8, 4) is 5.75 Å². The van der Waals surface area contributed by atoms with Crippen LogP contribution in [0.4, 0.5) is 0 Å². The molecule has 1 fully saturated rings. The second-order valence-electron chi connectivity index (χ2n) is 5.14. The largest absolute Gasteiger partial charge is 0.491 e. The average molecular weight is 300 g/mol. The van der Waals surface area contributed by atoms with Crippen LogP contribution in [0.3, 0.4) is 0 Å². The molecule has 0 heterocycles. The Morgan fingerprint density at radius 3 is 3.05 bits per heavy atom. The van der Waals surface area contributed by atoms with Gasteiger partial charge in [0.15, 0.2) is 0 Å². The molecule has 112 valence electrons. The lowest BCUT2D eigenvalue weighted by Gasteiger charge is -2.21. The summed E-state index contributed by atoms with van der Waals surface area (Å²) in [5.74, 6) is 0.673. The first-order valence-corrected chi connectivity index (χ1v) is 7.39. The molecule has 0 saturated heterocycles. The molecule has 0 aliphatic heterocycles. The predicted molar refractivity (Wildman–Crippen MR) is 79.4 cm³/mol. The Morgan fingerprint density at radius 1 is 1.45 bits per heavy atom. The van der Waals surface area contributed by atoms with Crippen LogP contribution in [-0.4, -0.2) is 43.6 Å². The smallest absolute Gasteiger partial charge is 0.120 e. The monoisotopic (exact) mass is 299 g/mol. The van der Waals surface area contributed by atoms with Crippen molar-refractivity contribution in [2.24, 2.45) is 0 Å². The minimum atomic E-state index is -0.549. The molecule has 3 unspecified atom stereocenters. The van der Waals surface area contributed by atoms with E-state index in [1.165, 1.54) is 6.42 Å². The molecule has 4 nitrogen and oxygen atoms in total. The molecule has 0 amide bonds. The first-order valence-electron chi connectivity index (χ1n) is 7.01. The van der Waals surface area contributed by atoms with Gasteiger partial charge in [0.25, 0.3) is 0 Å². The van der Waals surface area contributed by atoms with Crippen LogP contribution in [-0.2, 0) is 4.74 Å². The quantitative estimate of drug-likeness (QED) is 0.811. The van der Waals surface area contributed by atoms with E-state index < -0.39 is 6.10 Å². The summed E-state index contributed by atoms with van der Waals surface area (Å²) in [5, 5.41) is 13.9. The molecular weight excluding hydrogens is 278 g/mol. The Kier molecular flexibility index (Phi) is 6.10. The van der Waals surface area contributed by atoms with Crippen LogP contribution < -0.4 is 10.1 Å². The van der Waals surface area contributed by atoms with E-state index in [2.05, 4.69) is 5.32 Å². The second-order valence-corrected chi connectivity index (χ2v) is 5.58. The van der Waals surface area contributed by atoms with Gasteiger partial charge in [-0.1, -0.05) is 17.7 Å². The summed E-state index contributed by atoms with van der Waals surface area (Å²) in [6.07, 6.45) is 3.07. The number of rotatable bonds is 7. The summed E-state index contributed by atoms with van der Waals surface area (Å²) in [6.45, 7) is 0.753. The number of aliphatic hydroxyl groups is 1. The molecule has 0 radical (unpaired) electrons. The molecule has 1 aliphatic carbocycles. The summed E-state index contributed by atoms with van der Waals surface area (Å²) >= 11 is 5.87. The van der Waals surface area contributed by atoms with Crippen LogP contribution in [0, 0.1) is 0 Å². The third-order valence-corrected chi connectivity index (χ3v) is 3.84. The Balaban J connectivity index is 1.69. The van der Waals surface area contributed by atoms with Gasteiger partial charge in [-0.25, -0.2) is 0 Å². The van der Waals surface area contributed by atoms with Crippen molar-refractivity contribution in [1.82, 2.24) is 5.32 Å². The molecule has 20 heavy (non-hydrogen) atoms. The van der Waals surface area contributed by atoms with Gasteiger partial charge >= 0.3 is 0 Å². The Hall–Kier alpha value is -0.810. The van der Waals surface area contributed by atoms with Gasteiger partial charge in [0.2, 0.25) is 0 Å². The number of hydrogen-bond acceptors (Lipinski definition) is 4. The van der Waals surface area contributed by atoms with Crippen molar-refractivity contribution in [3.63, 3.8) is 0 Å². The Bertz CT molecular complexity index is 416. The fourth-order valence-electron chi connectivity index (χ4n) is 2.54. The van der Waals surface area contributed by atoms with Crippen molar-refractivity contribution in [3.05, 3.63) is 29.3 Å². The van der Waals surface area contributed by atoms with Crippen LogP contribution in [0.2, 0.25) is 5.02 Å². The number of nitrogens with one attached hydrogen (secondary N) is 1. The molecule has 1 aromatic carbocycles. The molecule has 5 heteroatoms. The van der Waals surface area contributed by atoms with E-state index in [9.17, 15) is 5.11 Å². The van der Waals surface area contributed by atoms with E-state index in [4.69, 9.17) is 21.1 Å². The standard InChI is InChI=1S/C15H22ClNO3/c1-19-15-7-3-6-14(15)17-9-12(18)10-20-13-5-2-4-11(16)8-13/h2,4-5,8,12,14-15,17-18H,3,6-7,9-10H2,1H3. The number of hydrogen-bond donors (Lipinski definition) is 2. The molecule has 0 bridgehead atoms. The number of benzene rings is 1. The maximum Gasteiger partial charge on any atom is 0.120 e. The van der Waals surface area contributed by atoms with Crippen LogP contribution in [0.5, 0.6) is 5.75 Å². The number of methoxy groups -OCH3 is 1.